The summed E-state index contributed by atoms with van der Waals surface area (Å²) in [6.45, 7) is 1.41. The second kappa shape index (κ2) is 7.19. The Balaban J connectivity index is 1.11. The fraction of sp³-hybridized carbons (Fsp3) is 0.462. The van der Waals surface area contributed by atoms with Crippen LogP contribution in [-0.4, -0.2) is 19.8 Å². The molecule has 4 saturated carbocycles. The number of alkyl halides is 1. The van der Waals surface area contributed by atoms with E-state index in [9.17, 15) is 4.79 Å². The highest BCUT2D eigenvalue weighted by Gasteiger charge is 2.59. The van der Waals surface area contributed by atoms with Crippen LogP contribution in [0.25, 0.3) is 11.0 Å². The first-order valence-electron chi connectivity index (χ1n) is 11.5. The van der Waals surface area contributed by atoms with Crippen molar-refractivity contribution in [2.75, 3.05) is 0 Å². The van der Waals surface area contributed by atoms with Crippen LogP contribution < -0.4 is 5.32 Å². The highest BCUT2D eigenvalue weighted by atomic mass is 79.9. The number of rotatable bonds is 5. The third-order valence-electron chi connectivity index (χ3n) is 7.83. The van der Waals surface area contributed by atoms with Crippen molar-refractivity contribution >= 4 is 32.9 Å². The summed E-state index contributed by atoms with van der Waals surface area (Å²) < 4.78 is 2.39. The third-order valence-corrected chi connectivity index (χ3v) is 8.76. The monoisotopic (exact) mass is 477 g/mol. The quantitative estimate of drug-likeness (QED) is 0.497. The van der Waals surface area contributed by atoms with Crippen molar-refractivity contribution in [1.82, 2.24) is 14.9 Å². The maximum absolute atomic E-state index is 13.3. The van der Waals surface area contributed by atoms with E-state index < -0.39 is 0 Å². The van der Waals surface area contributed by atoms with Gasteiger partial charge in [0.2, 0.25) is 5.91 Å². The summed E-state index contributed by atoms with van der Waals surface area (Å²) in [5.41, 5.74) is 4.43. The number of carbonyl (C=O) groups excluding carboxylic acids is 1. The molecule has 31 heavy (non-hydrogen) atoms. The molecule has 0 spiro atoms. The first-order chi connectivity index (χ1) is 15.0. The van der Waals surface area contributed by atoms with E-state index in [0.717, 1.165) is 54.2 Å². The second-order valence-electron chi connectivity index (χ2n) is 10.3. The van der Waals surface area contributed by atoms with Gasteiger partial charge in [0.05, 0.1) is 22.8 Å². The van der Waals surface area contributed by atoms with Gasteiger partial charge in [-0.05, 0) is 73.6 Å². The summed E-state index contributed by atoms with van der Waals surface area (Å²) in [6.07, 6.45) is 8.92. The van der Waals surface area contributed by atoms with Gasteiger partial charge in [-0.2, -0.15) is 0 Å². The van der Waals surface area contributed by atoms with Gasteiger partial charge in [0.25, 0.3) is 0 Å². The molecule has 4 fully saturated rings. The Labute approximate surface area is 191 Å². The molecule has 2 aromatic carbocycles. The van der Waals surface area contributed by atoms with Crippen LogP contribution in [-0.2, 0) is 17.9 Å². The Hall–Kier alpha value is -2.14. The fourth-order valence-electron chi connectivity index (χ4n) is 6.88. The summed E-state index contributed by atoms with van der Waals surface area (Å²) in [5, 5.41) is 3.29. The lowest BCUT2D eigenvalue weighted by Crippen LogP contribution is -2.58. The highest BCUT2D eigenvalue weighted by Crippen LogP contribution is 2.64. The zero-order valence-corrected chi connectivity index (χ0v) is 19.3. The molecule has 0 radical (unpaired) electrons. The van der Waals surface area contributed by atoms with Gasteiger partial charge in [0.15, 0.2) is 0 Å². The van der Waals surface area contributed by atoms with Crippen LogP contribution in [0.3, 0.4) is 0 Å². The predicted molar refractivity (Wildman–Crippen MR) is 126 cm³/mol. The van der Waals surface area contributed by atoms with Crippen molar-refractivity contribution in [1.29, 1.82) is 0 Å². The topological polar surface area (TPSA) is 46.9 Å². The van der Waals surface area contributed by atoms with Gasteiger partial charge < -0.3 is 9.88 Å². The number of nitrogens with zero attached hydrogens (tertiary/aromatic N) is 2. The van der Waals surface area contributed by atoms with E-state index in [-0.39, 0.29) is 15.6 Å². The lowest BCUT2D eigenvalue weighted by Gasteiger charge is -2.59. The SMILES string of the molecule is O=C(NCc1ccc(Cn2cnc3ccccc32)cc1)C12CC3CC(CC(Br)(C3)C1)C2. The van der Waals surface area contributed by atoms with Crippen LogP contribution >= 0.6 is 15.9 Å². The number of imidazole rings is 1. The number of hydrogen-bond acceptors (Lipinski definition) is 2. The molecule has 4 aliphatic carbocycles. The molecule has 1 aromatic heterocycles. The zero-order chi connectivity index (χ0) is 21.1. The molecule has 3 aromatic rings. The first kappa shape index (κ1) is 19.5. The van der Waals surface area contributed by atoms with Crippen LogP contribution in [0.1, 0.15) is 49.7 Å². The standard InChI is InChI=1S/C26H28BrN3O/c27-26-12-20-9-21(13-26)11-25(10-20,16-26)24(31)28-14-18-5-7-19(8-6-18)15-30-17-29-22-3-1-2-4-23(22)30/h1-8,17,20-21H,9-16H2,(H,28,31). The average Bonchev–Trinajstić information content (AvgIpc) is 3.14. The highest BCUT2D eigenvalue weighted by molar-refractivity contribution is 9.10. The Morgan fingerprint density at radius 1 is 1.03 bits per heavy atom. The molecular formula is C26H28BrN3O. The molecule has 4 bridgehead atoms. The van der Waals surface area contributed by atoms with Gasteiger partial charge in [-0.25, -0.2) is 4.98 Å². The van der Waals surface area contributed by atoms with Gasteiger partial charge in [0, 0.05) is 17.4 Å². The summed E-state index contributed by atoms with van der Waals surface area (Å²) in [6, 6.07) is 16.8. The van der Waals surface area contributed by atoms with Gasteiger partial charge in [0.1, 0.15) is 0 Å². The van der Waals surface area contributed by atoms with E-state index in [2.05, 4.69) is 61.1 Å². The van der Waals surface area contributed by atoms with Gasteiger partial charge in [-0.15, -0.1) is 0 Å². The Kier molecular flexibility index (Phi) is 4.53. The number of para-hydroxylation sites is 2. The Morgan fingerprint density at radius 3 is 2.48 bits per heavy atom. The minimum absolute atomic E-state index is 0.143. The van der Waals surface area contributed by atoms with Crippen LogP contribution in [0.4, 0.5) is 0 Å². The minimum Gasteiger partial charge on any atom is -0.352 e. The number of benzene rings is 2. The number of carbonyl (C=O) groups is 1. The number of nitrogens with one attached hydrogen (secondary N) is 1. The predicted octanol–water partition coefficient (Wildman–Crippen LogP) is 5.43. The van der Waals surface area contributed by atoms with Crippen LogP contribution in [0.5, 0.6) is 0 Å². The Morgan fingerprint density at radius 2 is 1.74 bits per heavy atom. The minimum atomic E-state index is -0.143. The lowest BCUT2D eigenvalue weighted by atomic mass is 9.49. The molecule has 4 nitrogen and oxygen atoms in total. The Bertz CT molecular complexity index is 1120. The molecule has 1 amide bonds. The summed E-state index contributed by atoms with van der Waals surface area (Å²) in [7, 11) is 0. The molecule has 2 atom stereocenters. The number of hydrogen-bond donors (Lipinski definition) is 1. The van der Waals surface area contributed by atoms with Crippen molar-refractivity contribution in [3.05, 3.63) is 66.0 Å². The first-order valence-corrected chi connectivity index (χ1v) is 12.2. The largest absolute Gasteiger partial charge is 0.352 e. The summed E-state index contributed by atoms with van der Waals surface area (Å²) >= 11 is 4.02. The second-order valence-corrected chi connectivity index (χ2v) is 11.9. The van der Waals surface area contributed by atoms with E-state index in [1.54, 1.807) is 0 Å². The zero-order valence-electron chi connectivity index (χ0n) is 17.7. The maximum Gasteiger partial charge on any atom is 0.226 e. The number of fused-ring (bicyclic) bond motifs is 1. The lowest BCUT2D eigenvalue weighted by molar-refractivity contribution is -0.144. The van der Waals surface area contributed by atoms with Gasteiger partial charge in [-0.3, -0.25) is 4.79 Å². The maximum atomic E-state index is 13.3. The molecular weight excluding hydrogens is 450 g/mol. The van der Waals surface area contributed by atoms with Gasteiger partial charge in [-0.1, -0.05) is 52.3 Å². The van der Waals surface area contributed by atoms with Gasteiger partial charge >= 0.3 is 0 Å². The molecule has 160 valence electrons. The summed E-state index contributed by atoms with van der Waals surface area (Å²) in [4.78, 5) is 17.7. The van der Waals surface area contributed by atoms with E-state index in [0.29, 0.717) is 6.54 Å². The number of aromatic nitrogens is 2. The van der Waals surface area contributed by atoms with E-state index >= 15 is 0 Å². The summed E-state index contributed by atoms with van der Waals surface area (Å²) in [5.74, 6) is 1.73. The fourth-order valence-corrected chi connectivity index (χ4v) is 8.33. The molecule has 2 unspecified atom stereocenters. The molecule has 5 heteroatoms. The van der Waals surface area contributed by atoms with Crippen LogP contribution in [0.15, 0.2) is 54.9 Å². The van der Waals surface area contributed by atoms with Crippen LogP contribution in [0.2, 0.25) is 0 Å². The smallest absolute Gasteiger partial charge is 0.226 e. The molecule has 1 heterocycles. The van der Waals surface area contributed by atoms with Crippen molar-refractivity contribution in [2.24, 2.45) is 17.3 Å². The van der Waals surface area contributed by atoms with E-state index in [4.69, 9.17) is 0 Å². The van der Waals surface area contributed by atoms with Crippen LogP contribution in [0, 0.1) is 17.3 Å². The van der Waals surface area contributed by atoms with E-state index in [1.165, 1.54) is 24.8 Å². The van der Waals surface area contributed by atoms with Crippen molar-refractivity contribution in [3.63, 3.8) is 0 Å². The van der Waals surface area contributed by atoms with Crippen molar-refractivity contribution in [2.45, 2.75) is 55.9 Å². The average molecular weight is 478 g/mol. The molecule has 0 saturated heterocycles. The van der Waals surface area contributed by atoms with Crippen molar-refractivity contribution < 1.29 is 4.79 Å². The van der Waals surface area contributed by atoms with Crippen molar-refractivity contribution in [3.8, 4) is 0 Å². The molecule has 7 rings (SSSR count). The normalized spacial score (nSPS) is 31.3. The van der Waals surface area contributed by atoms with E-state index in [1.807, 2.05) is 24.5 Å². The molecule has 4 aliphatic rings. The third kappa shape index (κ3) is 3.51. The number of halogens is 1. The molecule has 0 aliphatic heterocycles. The number of amides is 1. The molecule has 1 N–H and O–H groups in total.